The fourth-order valence-corrected chi connectivity index (χ4v) is 3.68. The lowest BCUT2D eigenvalue weighted by Crippen LogP contribution is -1.92. The molecule has 0 atom stereocenters. The van der Waals surface area contributed by atoms with E-state index in [9.17, 15) is 10.1 Å². The topological polar surface area (TPSA) is 61.6 Å². The van der Waals surface area contributed by atoms with Crippen LogP contribution in [0.3, 0.4) is 0 Å². The van der Waals surface area contributed by atoms with Gasteiger partial charge in [-0.25, -0.2) is 0 Å². The van der Waals surface area contributed by atoms with Crippen molar-refractivity contribution >= 4 is 28.2 Å². The smallest absolute Gasteiger partial charge is 0.269 e. The van der Waals surface area contributed by atoms with E-state index in [1.54, 1.807) is 31.0 Å². The number of benzene rings is 4. The molecule has 4 rings (SSSR count). The highest BCUT2D eigenvalue weighted by Gasteiger charge is 2.14. The average molecular weight is 417 g/mol. The second kappa shape index (κ2) is 8.47. The minimum atomic E-state index is -0.424. The maximum absolute atomic E-state index is 10.9. The van der Waals surface area contributed by atoms with Crippen LogP contribution in [0.25, 0.3) is 21.9 Å². The number of hydrogen-bond donors (Lipinski definition) is 0. The van der Waals surface area contributed by atoms with Gasteiger partial charge in [0, 0.05) is 28.0 Å². The molecular formula is C24H19NO4S. The first kappa shape index (κ1) is 19.8. The predicted molar refractivity (Wildman–Crippen MR) is 121 cm³/mol. The third kappa shape index (κ3) is 3.95. The first-order valence-corrected chi connectivity index (χ1v) is 10.5. The van der Waals surface area contributed by atoms with Crippen LogP contribution in [0.15, 0.2) is 83.8 Å². The van der Waals surface area contributed by atoms with E-state index in [0.29, 0.717) is 11.5 Å². The van der Waals surface area contributed by atoms with Crippen LogP contribution in [-0.4, -0.2) is 18.3 Å². The molecule has 0 saturated carbocycles. The molecular weight excluding hydrogens is 398 g/mol. The second-order valence-corrected chi connectivity index (χ2v) is 7.49. The van der Waals surface area contributed by atoms with Crippen molar-refractivity contribution < 1.29 is 14.4 Å². The van der Waals surface area contributed by atoms with Crippen LogP contribution < -0.4 is 9.47 Å². The first-order valence-electron chi connectivity index (χ1n) is 9.26. The Morgan fingerprint density at radius 2 is 1.57 bits per heavy atom. The molecule has 0 heterocycles. The molecule has 30 heavy (non-hydrogen) atoms. The molecule has 0 aliphatic rings. The first-order chi connectivity index (χ1) is 14.6. The third-order valence-corrected chi connectivity index (χ3v) is 5.59. The highest BCUT2D eigenvalue weighted by Crippen LogP contribution is 2.41. The van der Waals surface area contributed by atoms with Crippen LogP contribution in [-0.2, 0) is 0 Å². The Hall–Kier alpha value is -3.51. The highest BCUT2D eigenvalue weighted by atomic mass is 32.2. The Morgan fingerprint density at radius 3 is 2.20 bits per heavy atom. The molecule has 0 aliphatic heterocycles. The molecule has 0 unspecified atom stereocenters. The zero-order chi connectivity index (χ0) is 21.1. The fraction of sp³-hybridized carbons (Fsp3) is 0.0833. The average Bonchev–Trinajstić information content (AvgIpc) is 2.79. The van der Waals surface area contributed by atoms with E-state index >= 15 is 0 Å². The summed E-state index contributed by atoms with van der Waals surface area (Å²) in [4.78, 5) is 11.7. The van der Waals surface area contributed by atoms with Crippen molar-refractivity contribution in [2.24, 2.45) is 0 Å². The van der Waals surface area contributed by atoms with Gasteiger partial charge in [0.15, 0.2) is 0 Å². The van der Waals surface area contributed by atoms with Crippen LogP contribution >= 0.6 is 11.8 Å². The number of methoxy groups -OCH3 is 1. The van der Waals surface area contributed by atoms with E-state index in [2.05, 4.69) is 24.3 Å². The summed E-state index contributed by atoms with van der Waals surface area (Å²) in [5, 5.41) is 12.9. The highest BCUT2D eigenvalue weighted by molar-refractivity contribution is 7.98. The van der Waals surface area contributed by atoms with Crippen molar-refractivity contribution in [2.45, 2.75) is 4.90 Å². The molecule has 0 spiro atoms. The second-order valence-electron chi connectivity index (χ2n) is 6.61. The lowest BCUT2D eigenvalue weighted by atomic mass is 9.99. The molecule has 0 saturated heterocycles. The molecule has 0 fully saturated rings. The van der Waals surface area contributed by atoms with Gasteiger partial charge in [0.1, 0.15) is 17.2 Å². The van der Waals surface area contributed by atoms with Crippen molar-refractivity contribution in [2.75, 3.05) is 13.4 Å². The zero-order valence-corrected chi connectivity index (χ0v) is 17.3. The third-order valence-electron chi connectivity index (χ3n) is 4.85. The minimum absolute atomic E-state index is 0.0258. The Labute approximate surface area is 178 Å². The number of nitro benzene ring substituents is 1. The largest absolute Gasteiger partial charge is 0.497 e. The van der Waals surface area contributed by atoms with E-state index in [1.165, 1.54) is 17.0 Å². The molecule has 0 radical (unpaired) electrons. The van der Waals surface area contributed by atoms with Gasteiger partial charge in [0.05, 0.1) is 12.0 Å². The van der Waals surface area contributed by atoms with Crippen LogP contribution in [0.4, 0.5) is 5.69 Å². The van der Waals surface area contributed by atoms with E-state index in [4.69, 9.17) is 9.47 Å². The van der Waals surface area contributed by atoms with Gasteiger partial charge in [-0.15, -0.1) is 11.8 Å². The normalized spacial score (nSPS) is 10.7. The lowest BCUT2D eigenvalue weighted by molar-refractivity contribution is -0.384. The zero-order valence-electron chi connectivity index (χ0n) is 16.5. The van der Waals surface area contributed by atoms with Crippen molar-refractivity contribution in [3.8, 4) is 28.4 Å². The van der Waals surface area contributed by atoms with Gasteiger partial charge in [-0.05, 0) is 65.7 Å². The van der Waals surface area contributed by atoms with Gasteiger partial charge in [-0.3, -0.25) is 10.1 Å². The van der Waals surface area contributed by atoms with Crippen molar-refractivity contribution in [3.05, 3.63) is 89.0 Å². The molecule has 0 aliphatic carbocycles. The summed E-state index contributed by atoms with van der Waals surface area (Å²) in [6.07, 6.45) is 2.04. The predicted octanol–water partition coefficient (Wildman–Crippen LogP) is 6.94. The van der Waals surface area contributed by atoms with Crippen LogP contribution in [0.2, 0.25) is 0 Å². The van der Waals surface area contributed by atoms with Gasteiger partial charge in [0.25, 0.3) is 5.69 Å². The maximum Gasteiger partial charge on any atom is 0.269 e. The number of nitrogens with zero attached hydrogens (tertiary/aromatic N) is 1. The SMILES string of the molecule is COc1ccc2c(Oc3ccc([N+](=O)[O-])cc3)c(-c3ccc(SC)cc3)ccc2c1. The molecule has 6 heteroatoms. The van der Waals surface area contributed by atoms with Crippen molar-refractivity contribution in [3.63, 3.8) is 0 Å². The van der Waals surface area contributed by atoms with Gasteiger partial charge < -0.3 is 9.47 Å². The Bertz CT molecular complexity index is 1200. The number of fused-ring (bicyclic) bond motifs is 1. The van der Waals surface area contributed by atoms with Crippen LogP contribution in [0.5, 0.6) is 17.2 Å². The molecule has 5 nitrogen and oxygen atoms in total. The maximum atomic E-state index is 10.9. The molecule has 0 N–H and O–H groups in total. The summed E-state index contributed by atoms with van der Waals surface area (Å²) in [6.45, 7) is 0. The van der Waals surface area contributed by atoms with Crippen LogP contribution in [0, 0.1) is 10.1 Å². The van der Waals surface area contributed by atoms with E-state index in [0.717, 1.165) is 27.6 Å². The summed E-state index contributed by atoms with van der Waals surface area (Å²) >= 11 is 1.69. The molecule has 150 valence electrons. The number of hydrogen-bond acceptors (Lipinski definition) is 5. The van der Waals surface area contributed by atoms with E-state index in [1.807, 2.05) is 36.6 Å². The van der Waals surface area contributed by atoms with Gasteiger partial charge in [0.2, 0.25) is 0 Å². The Kier molecular flexibility index (Phi) is 5.59. The van der Waals surface area contributed by atoms with Gasteiger partial charge in [-0.1, -0.05) is 18.2 Å². The van der Waals surface area contributed by atoms with Crippen LogP contribution in [0.1, 0.15) is 0 Å². The van der Waals surface area contributed by atoms with Crippen molar-refractivity contribution in [1.82, 2.24) is 0 Å². The lowest BCUT2D eigenvalue weighted by Gasteiger charge is -2.15. The molecule has 0 amide bonds. The summed E-state index contributed by atoms with van der Waals surface area (Å²) in [5.74, 6) is 1.99. The number of thioether (sulfide) groups is 1. The summed E-state index contributed by atoms with van der Waals surface area (Å²) < 4.78 is 11.6. The minimum Gasteiger partial charge on any atom is -0.497 e. The number of non-ortho nitro benzene ring substituents is 1. The standard InChI is InChI=1S/C24H19NO4S/c1-28-20-10-14-23-17(15-20)5-13-22(16-3-11-21(30-2)12-4-16)24(23)29-19-8-6-18(7-9-19)25(26)27/h3-15H,1-2H3. The molecule has 4 aromatic carbocycles. The molecule has 0 bridgehead atoms. The monoisotopic (exact) mass is 417 g/mol. The Balaban J connectivity index is 1.84. The number of ether oxygens (including phenoxy) is 2. The summed E-state index contributed by atoms with van der Waals surface area (Å²) in [5.41, 5.74) is 2.00. The van der Waals surface area contributed by atoms with Gasteiger partial charge in [-0.2, -0.15) is 0 Å². The van der Waals surface area contributed by atoms with E-state index < -0.39 is 4.92 Å². The summed E-state index contributed by atoms with van der Waals surface area (Å²) in [6, 6.07) is 24.3. The summed E-state index contributed by atoms with van der Waals surface area (Å²) in [7, 11) is 1.64. The Morgan fingerprint density at radius 1 is 0.867 bits per heavy atom. The quantitative estimate of drug-likeness (QED) is 0.193. The number of rotatable bonds is 6. The number of nitro groups is 1. The van der Waals surface area contributed by atoms with Gasteiger partial charge >= 0.3 is 0 Å². The van der Waals surface area contributed by atoms with Crippen molar-refractivity contribution in [1.29, 1.82) is 0 Å². The molecule has 0 aromatic heterocycles. The molecule has 4 aromatic rings. The van der Waals surface area contributed by atoms with E-state index in [-0.39, 0.29) is 5.69 Å². The fourth-order valence-electron chi connectivity index (χ4n) is 3.27.